The third-order valence-electron chi connectivity index (χ3n) is 2.36. The summed E-state index contributed by atoms with van der Waals surface area (Å²) in [6.45, 7) is 3.02. The fourth-order valence-corrected chi connectivity index (χ4v) is 1.48. The maximum Gasteiger partial charge on any atom is 0.292 e. The Labute approximate surface area is 104 Å². The number of anilines is 1. The van der Waals surface area contributed by atoms with Gasteiger partial charge in [0.05, 0.1) is 6.61 Å². The highest BCUT2D eigenvalue weighted by atomic mass is 16.5. The highest BCUT2D eigenvalue weighted by molar-refractivity contribution is 6.01. The summed E-state index contributed by atoms with van der Waals surface area (Å²) >= 11 is 0. The van der Waals surface area contributed by atoms with E-state index in [-0.39, 0.29) is 11.7 Å². The topological polar surface area (TPSA) is 79.9 Å². The van der Waals surface area contributed by atoms with Crippen LogP contribution in [0, 0.1) is 0 Å². The molecule has 0 aliphatic heterocycles. The molecule has 0 saturated carbocycles. The van der Waals surface area contributed by atoms with Crippen LogP contribution in [0.1, 0.15) is 23.1 Å². The number of aromatic amines is 1. The zero-order valence-corrected chi connectivity index (χ0v) is 10.0. The number of carbonyl (C=O) groups is 1. The summed E-state index contributed by atoms with van der Waals surface area (Å²) in [4.78, 5) is 15.6. The van der Waals surface area contributed by atoms with Gasteiger partial charge in [-0.25, -0.2) is 4.98 Å². The largest absolute Gasteiger partial charge is 0.377 e. The summed E-state index contributed by atoms with van der Waals surface area (Å²) in [7, 11) is 0. The molecule has 0 radical (unpaired) electrons. The second-order valence-electron chi connectivity index (χ2n) is 3.58. The van der Waals surface area contributed by atoms with Crippen molar-refractivity contribution in [3.63, 3.8) is 0 Å². The van der Waals surface area contributed by atoms with E-state index in [4.69, 9.17) is 4.74 Å². The molecule has 2 rings (SSSR count). The van der Waals surface area contributed by atoms with Crippen LogP contribution in [0.25, 0.3) is 0 Å². The van der Waals surface area contributed by atoms with E-state index in [9.17, 15) is 4.79 Å². The van der Waals surface area contributed by atoms with Crippen LogP contribution in [0.15, 0.2) is 30.6 Å². The van der Waals surface area contributed by atoms with E-state index in [0.29, 0.717) is 18.9 Å². The molecule has 0 aliphatic rings. The van der Waals surface area contributed by atoms with Gasteiger partial charge in [-0.05, 0) is 13.0 Å². The number of carbonyl (C=O) groups excluding carboxylic acids is 1. The lowest BCUT2D eigenvalue weighted by Gasteiger charge is -2.09. The summed E-state index contributed by atoms with van der Waals surface area (Å²) in [5, 5.41) is 8.92. The molecule has 0 aliphatic carbocycles. The van der Waals surface area contributed by atoms with Crippen LogP contribution < -0.4 is 5.32 Å². The van der Waals surface area contributed by atoms with Crippen molar-refractivity contribution >= 4 is 11.6 Å². The van der Waals surface area contributed by atoms with Crippen molar-refractivity contribution < 1.29 is 9.53 Å². The predicted molar refractivity (Wildman–Crippen MR) is 66.1 cm³/mol. The number of rotatable bonds is 5. The average Bonchev–Trinajstić information content (AvgIpc) is 2.91. The number of amides is 1. The van der Waals surface area contributed by atoms with Gasteiger partial charge < -0.3 is 10.1 Å². The van der Waals surface area contributed by atoms with Gasteiger partial charge in [-0.1, -0.05) is 18.2 Å². The van der Waals surface area contributed by atoms with E-state index in [2.05, 4.69) is 20.5 Å². The van der Waals surface area contributed by atoms with E-state index in [1.54, 1.807) is 0 Å². The Hall–Kier alpha value is -2.21. The van der Waals surface area contributed by atoms with Crippen LogP contribution in [-0.2, 0) is 11.3 Å². The molecule has 0 saturated heterocycles. The fourth-order valence-electron chi connectivity index (χ4n) is 1.48. The zero-order valence-electron chi connectivity index (χ0n) is 10.0. The molecule has 6 heteroatoms. The number of aromatic nitrogens is 3. The molecule has 6 nitrogen and oxygen atoms in total. The lowest BCUT2D eigenvalue weighted by molar-refractivity contribution is 0.101. The fraction of sp³-hybridized carbons (Fsp3) is 0.250. The summed E-state index contributed by atoms with van der Waals surface area (Å²) < 4.78 is 5.35. The zero-order chi connectivity index (χ0) is 12.8. The summed E-state index contributed by atoms with van der Waals surface area (Å²) in [6.07, 6.45) is 1.29. The molecule has 0 unspecified atom stereocenters. The second kappa shape index (κ2) is 5.92. The van der Waals surface area contributed by atoms with E-state index in [1.165, 1.54) is 6.33 Å². The number of benzene rings is 1. The number of para-hydroxylation sites is 1. The third kappa shape index (κ3) is 2.92. The number of H-pyrrole nitrogens is 1. The lowest BCUT2D eigenvalue weighted by Crippen LogP contribution is -2.15. The summed E-state index contributed by atoms with van der Waals surface area (Å²) in [5.74, 6) is -0.141. The molecule has 1 aromatic heterocycles. The Balaban J connectivity index is 2.11. The number of nitrogens with zero attached hydrogens (tertiary/aromatic N) is 2. The summed E-state index contributed by atoms with van der Waals surface area (Å²) in [5.41, 5.74) is 1.64. The van der Waals surface area contributed by atoms with Crippen molar-refractivity contribution in [3.05, 3.63) is 42.0 Å². The lowest BCUT2D eigenvalue weighted by atomic mass is 10.2. The van der Waals surface area contributed by atoms with Crippen molar-refractivity contribution in [1.29, 1.82) is 0 Å². The van der Waals surface area contributed by atoms with E-state index in [0.717, 1.165) is 5.56 Å². The van der Waals surface area contributed by atoms with Gasteiger partial charge in [-0.2, -0.15) is 5.10 Å². The molecule has 1 aromatic carbocycles. The number of hydrogen-bond acceptors (Lipinski definition) is 4. The van der Waals surface area contributed by atoms with Crippen LogP contribution in [0.3, 0.4) is 0 Å². The molecule has 0 fully saturated rings. The van der Waals surface area contributed by atoms with Crippen LogP contribution >= 0.6 is 0 Å². The predicted octanol–water partition coefficient (Wildman–Crippen LogP) is 1.59. The van der Waals surface area contributed by atoms with Crippen molar-refractivity contribution in [2.75, 3.05) is 11.9 Å². The van der Waals surface area contributed by atoms with Gasteiger partial charge in [0.15, 0.2) is 0 Å². The summed E-state index contributed by atoms with van der Waals surface area (Å²) in [6, 6.07) is 7.48. The number of nitrogens with one attached hydrogen (secondary N) is 2. The third-order valence-corrected chi connectivity index (χ3v) is 2.36. The molecule has 94 valence electrons. The van der Waals surface area contributed by atoms with Gasteiger partial charge in [-0.15, -0.1) is 0 Å². The molecule has 0 spiro atoms. The molecule has 1 heterocycles. The normalized spacial score (nSPS) is 10.3. The first-order valence-corrected chi connectivity index (χ1v) is 5.63. The first-order valence-electron chi connectivity index (χ1n) is 5.63. The van der Waals surface area contributed by atoms with E-state index >= 15 is 0 Å². The van der Waals surface area contributed by atoms with Gasteiger partial charge in [-0.3, -0.25) is 9.89 Å². The van der Waals surface area contributed by atoms with Crippen LogP contribution in [0.2, 0.25) is 0 Å². The first kappa shape index (κ1) is 12.3. The van der Waals surface area contributed by atoms with Gasteiger partial charge in [0.1, 0.15) is 6.33 Å². The Morgan fingerprint density at radius 3 is 3.00 bits per heavy atom. The Kier molecular flexibility index (Phi) is 4.03. The minimum atomic E-state index is -0.323. The maximum absolute atomic E-state index is 11.8. The Morgan fingerprint density at radius 2 is 2.28 bits per heavy atom. The van der Waals surface area contributed by atoms with E-state index < -0.39 is 0 Å². The quantitative estimate of drug-likeness (QED) is 0.839. The smallest absolute Gasteiger partial charge is 0.292 e. The minimum absolute atomic E-state index is 0.182. The van der Waals surface area contributed by atoms with Gasteiger partial charge >= 0.3 is 0 Å². The van der Waals surface area contributed by atoms with Crippen molar-refractivity contribution in [3.8, 4) is 0 Å². The minimum Gasteiger partial charge on any atom is -0.377 e. The van der Waals surface area contributed by atoms with Gasteiger partial charge in [0.25, 0.3) is 5.91 Å². The molecule has 0 bridgehead atoms. The van der Waals surface area contributed by atoms with Crippen LogP contribution in [-0.4, -0.2) is 27.7 Å². The molecule has 0 atom stereocenters. The molecule has 1 amide bonds. The molecule has 18 heavy (non-hydrogen) atoms. The highest BCUT2D eigenvalue weighted by Crippen LogP contribution is 2.16. The Bertz CT molecular complexity index is 511. The molecule has 2 aromatic rings. The standard InChI is InChI=1S/C12H14N4O2/c1-2-18-7-9-5-3-4-6-10(9)15-12(17)11-13-8-14-16-11/h3-6,8H,2,7H2,1H3,(H,15,17)(H,13,14,16). The SMILES string of the molecule is CCOCc1ccccc1NC(=O)c1ncn[nH]1. The van der Waals surface area contributed by atoms with Crippen molar-refractivity contribution in [2.24, 2.45) is 0 Å². The van der Waals surface area contributed by atoms with Crippen LogP contribution in [0.4, 0.5) is 5.69 Å². The number of ether oxygens (including phenoxy) is 1. The van der Waals surface area contributed by atoms with Crippen molar-refractivity contribution in [2.45, 2.75) is 13.5 Å². The molecular weight excluding hydrogens is 232 g/mol. The Morgan fingerprint density at radius 1 is 1.44 bits per heavy atom. The van der Waals surface area contributed by atoms with Gasteiger partial charge in [0, 0.05) is 17.9 Å². The second-order valence-corrected chi connectivity index (χ2v) is 3.58. The molecular formula is C12H14N4O2. The van der Waals surface area contributed by atoms with Crippen molar-refractivity contribution in [1.82, 2.24) is 15.2 Å². The highest BCUT2D eigenvalue weighted by Gasteiger charge is 2.10. The van der Waals surface area contributed by atoms with Gasteiger partial charge in [0.2, 0.25) is 5.82 Å². The molecule has 2 N–H and O–H groups in total. The van der Waals surface area contributed by atoms with E-state index in [1.807, 2.05) is 31.2 Å². The average molecular weight is 246 g/mol. The maximum atomic E-state index is 11.8. The number of hydrogen-bond donors (Lipinski definition) is 2. The monoisotopic (exact) mass is 246 g/mol. The first-order chi connectivity index (χ1) is 8.81. The van der Waals surface area contributed by atoms with Crippen LogP contribution in [0.5, 0.6) is 0 Å².